The van der Waals surface area contributed by atoms with E-state index in [1.807, 2.05) is 24.3 Å². The van der Waals surface area contributed by atoms with Gasteiger partial charge in [-0.1, -0.05) is 18.2 Å². The quantitative estimate of drug-likeness (QED) is 0.557. The number of nitrogens with zero attached hydrogens (tertiary/aromatic N) is 1. The highest BCUT2D eigenvalue weighted by Gasteiger charge is 2.09. The second kappa shape index (κ2) is 6.00. The van der Waals surface area contributed by atoms with Crippen LogP contribution in [0.2, 0.25) is 0 Å². The first kappa shape index (κ1) is 14.3. The number of ether oxygens (including phenoxy) is 1. The molecular formula is C16H10BrClFNO. The molecule has 0 spiro atoms. The third-order valence-corrected chi connectivity index (χ3v) is 3.94. The van der Waals surface area contributed by atoms with Crippen molar-refractivity contribution in [3.8, 4) is 11.6 Å². The Morgan fingerprint density at radius 2 is 1.95 bits per heavy atom. The first-order chi connectivity index (χ1) is 10.2. The molecule has 0 fully saturated rings. The minimum absolute atomic E-state index is 0.331. The van der Waals surface area contributed by atoms with E-state index in [1.54, 1.807) is 12.1 Å². The number of para-hydroxylation sites is 1. The molecule has 0 amide bonds. The maximum atomic E-state index is 13.1. The highest BCUT2D eigenvalue weighted by atomic mass is 79.9. The lowest BCUT2D eigenvalue weighted by molar-refractivity contribution is 0.460. The summed E-state index contributed by atoms with van der Waals surface area (Å²) < 4.78 is 19.4. The lowest BCUT2D eigenvalue weighted by Gasteiger charge is -2.10. The molecule has 0 saturated carbocycles. The largest absolute Gasteiger partial charge is 0.438 e. The Morgan fingerprint density at radius 3 is 2.71 bits per heavy atom. The molecule has 5 heteroatoms. The number of alkyl halides is 1. The van der Waals surface area contributed by atoms with E-state index >= 15 is 0 Å². The number of hydrogen-bond acceptors (Lipinski definition) is 2. The molecule has 0 unspecified atom stereocenters. The fourth-order valence-electron chi connectivity index (χ4n) is 2.05. The molecule has 0 aliphatic heterocycles. The molecule has 0 N–H and O–H groups in total. The van der Waals surface area contributed by atoms with Crippen LogP contribution >= 0.6 is 27.5 Å². The molecule has 0 radical (unpaired) electrons. The number of rotatable bonds is 3. The molecule has 3 aromatic rings. The van der Waals surface area contributed by atoms with Crippen molar-refractivity contribution in [2.45, 2.75) is 5.88 Å². The molecule has 106 valence electrons. The van der Waals surface area contributed by atoms with E-state index in [4.69, 9.17) is 16.3 Å². The van der Waals surface area contributed by atoms with Gasteiger partial charge in [0, 0.05) is 17.3 Å². The molecule has 3 rings (SSSR count). The van der Waals surface area contributed by atoms with Crippen LogP contribution in [0, 0.1) is 5.82 Å². The fraction of sp³-hybridized carbons (Fsp3) is 0.0625. The van der Waals surface area contributed by atoms with Crippen LogP contribution < -0.4 is 4.74 Å². The average molecular weight is 367 g/mol. The smallest absolute Gasteiger partial charge is 0.220 e. The topological polar surface area (TPSA) is 22.1 Å². The van der Waals surface area contributed by atoms with Crippen molar-refractivity contribution in [3.63, 3.8) is 0 Å². The zero-order valence-electron chi connectivity index (χ0n) is 10.8. The van der Waals surface area contributed by atoms with E-state index in [1.165, 1.54) is 12.1 Å². The number of pyridine rings is 1. The number of hydrogen-bond donors (Lipinski definition) is 0. The van der Waals surface area contributed by atoms with Gasteiger partial charge in [-0.2, -0.15) is 0 Å². The van der Waals surface area contributed by atoms with Crippen molar-refractivity contribution in [2.24, 2.45) is 0 Å². The van der Waals surface area contributed by atoms with Gasteiger partial charge in [0.15, 0.2) is 0 Å². The van der Waals surface area contributed by atoms with Crippen LogP contribution in [0.3, 0.4) is 0 Å². The summed E-state index contributed by atoms with van der Waals surface area (Å²) in [6, 6.07) is 13.8. The van der Waals surface area contributed by atoms with E-state index in [0.717, 1.165) is 16.5 Å². The number of benzene rings is 2. The number of halogens is 3. The molecule has 0 aliphatic rings. The van der Waals surface area contributed by atoms with Gasteiger partial charge in [0.2, 0.25) is 5.88 Å². The first-order valence-electron chi connectivity index (χ1n) is 6.25. The summed E-state index contributed by atoms with van der Waals surface area (Å²) in [5.41, 5.74) is 1.75. The minimum Gasteiger partial charge on any atom is -0.438 e. The third kappa shape index (κ3) is 3.01. The highest BCUT2D eigenvalue weighted by Crippen LogP contribution is 2.31. The monoisotopic (exact) mass is 365 g/mol. The Hall–Kier alpha value is -1.65. The Balaban J connectivity index is 2.04. The normalized spacial score (nSPS) is 10.8. The van der Waals surface area contributed by atoms with Gasteiger partial charge >= 0.3 is 0 Å². The van der Waals surface area contributed by atoms with E-state index < -0.39 is 0 Å². The van der Waals surface area contributed by atoms with Gasteiger partial charge < -0.3 is 4.74 Å². The molecular weight excluding hydrogens is 357 g/mol. The van der Waals surface area contributed by atoms with Crippen molar-refractivity contribution in [1.29, 1.82) is 0 Å². The van der Waals surface area contributed by atoms with Crippen LogP contribution in [0.25, 0.3) is 10.9 Å². The van der Waals surface area contributed by atoms with Gasteiger partial charge in [-0.25, -0.2) is 9.37 Å². The Labute approximate surface area is 134 Å². The zero-order chi connectivity index (χ0) is 14.8. The summed E-state index contributed by atoms with van der Waals surface area (Å²) in [7, 11) is 0. The lowest BCUT2D eigenvalue weighted by atomic mass is 10.1. The fourth-order valence-corrected chi connectivity index (χ4v) is 2.71. The van der Waals surface area contributed by atoms with E-state index in [9.17, 15) is 4.39 Å². The Kier molecular flexibility index (Phi) is 4.08. The lowest BCUT2D eigenvalue weighted by Crippen LogP contribution is -1.93. The number of aromatic nitrogens is 1. The molecule has 2 aromatic carbocycles. The first-order valence-corrected chi connectivity index (χ1v) is 7.57. The zero-order valence-corrected chi connectivity index (χ0v) is 13.2. The van der Waals surface area contributed by atoms with Crippen molar-refractivity contribution in [2.75, 3.05) is 0 Å². The van der Waals surface area contributed by atoms with Gasteiger partial charge in [-0.3, -0.25) is 0 Å². The molecule has 0 saturated heterocycles. The van der Waals surface area contributed by atoms with Gasteiger partial charge in [0.05, 0.1) is 9.99 Å². The van der Waals surface area contributed by atoms with Crippen LogP contribution in [0.4, 0.5) is 4.39 Å². The second-order valence-electron chi connectivity index (χ2n) is 4.45. The van der Waals surface area contributed by atoms with Crippen LogP contribution in [0.15, 0.2) is 53.0 Å². The summed E-state index contributed by atoms with van der Waals surface area (Å²) in [4.78, 5) is 4.45. The van der Waals surface area contributed by atoms with Crippen molar-refractivity contribution >= 4 is 38.4 Å². The standard InChI is InChI=1S/C16H10BrClFNO/c17-13-8-11(19)5-6-15(13)21-16-7-10(9-18)12-3-1-2-4-14(12)20-16/h1-8H,9H2. The van der Waals surface area contributed by atoms with Gasteiger partial charge in [0.1, 0.15) is 11.6 Å². The van der Waals surface area contributed by atoms with E-state index in [2.05, 4.69) is 20.9 Å². The predicted octanol–water partition coefficient (Wildman–Crippen LogP) is 5.67. The third-order valence-electron chi connectivity index (χ3n) is 3.03. The predicted molar refractivity (Wildman–Crippen MR) is 85.5 cm³/mol. The molecule has 0 bridgehead atoms. The van der Waals surface area contributed by atoms with Crippen LogP contribution in [-0.2, 0) is 5.88 Å². The highest BCUT2D eigenvalue weighted by molar-refractivity contribution is 9.10. The van der Waals surface area contributed by atoms with E-state index in [-0.39, 0.29) is 5.82 Å². The van der Waals surface area contributed by atoms with Gasteiger partial charge in [0.25, 0.3) is 0 Å². The van der Waals surface area contributed by atoms with Crippen LogP contribution in [-0.4, -0.2) is 4.98 Å². The maximum absolute atomic E-state index is 13.1. The minimum atomic E-state index is -0.331. The van der Waals surface area contributed by atoms with Crippen molar-refractivity contribution in [1.82, 2.24) is 4.98 Å². The summed E-state index contributed by atoms with van der Waals surface area (Å²) in [5.74, 6) is 0.961. The van der Waals surface area contributed by atoms with Crippen LogP contribution in [0.5, 0.6) is 11.6 Å². The Bertz CT molecular complexity index is 809. The van der Waals surface area contributed by atoms with Gasteiger partial charge in [-0.05, 0) is 45.8 Å². The molecule has 0 atom stereocenters. The number of fused-ring (bicyclic) bond motifs is 1. The molecule has 1 heterocycles. The van der Waals surface area contributed by atoms with Crippen molar-refractivity contribution < 1.29 is 9.13 Å². The summed E-state index contributed by atoms with van der Waals surface area (Å²) in [6.45, 7) is 0. The summed E-state index contributed by atoms with van der Waals surface area (Å²) in [6.07, 6.45) is 0. The maximum Gasteiger partial charge on any atom is 0.220 e. The average Bonchev–Trinajstić information content (AvgIpc) is 2.49. The summed E-state index contributed by atoms with van der Waals surface area (Å²) >= 11 is 9.26. The molecule has 21 heavy (non-hydrogen) atoms. The molecule has 2 nitrogen and oxygen atoms in total. The van der Waals surface area contributed by atoms with Crippen molar-refractivity contribution in [3.05, 3.63) is 64.4 Å². The van der Waals surface area contributed by atoms with E-state index in [0.29, 0.717) is 22.0 Å². The Morgan fingerprint density at radius 1 is 1.14 bits per heavy atom. The van der Waals surface area contributed by atoms with Gasteiger partial charge in [-0.15, -0.1) is 11.6 Å². The SMILES string of the molecule is Fc1ccc(Oc2cc(CCl)c3ccccc3n2)c(Br)c1. The second-order valence-corrected chi connectivity index (χ2v) is 5.57. The molecule has 0 aliphatic carbocycles. The summed E-state index contributed by atoms with van der Waals surface area (Å²) in [5, 5.41) is 0.998. The molecule has 1 aromatic heterocycles. The van der Waals surface area contributed by atoms with Crippen LogP contribution in [0.1, 0.15) is 5.56 Å².